The fourth-order valence-electron chi connectivity index (χ4n) is 1.56. The number of aliphatic hydroxyl groups excluding tert-OH is 4. The summed E-state index contributed by atoms with van der Waals surface area (Å²) in [5.41, 5.74) is 0. The van der Waals surface area contributed by atoms with E-state index < -0.39 is 24.4 Å². The molecule has 0 saturated carbocycles. The van der Waals surface area contributed by atoms with Crippen LogP contribution in [0.1, 0.15) is 46.0 Å². The quantitative estimate of drug-likeness (QED) is 0.340. The normalized spacial score (nSPS) is 18.8. The summed E-state index contributed by atoms with van der Waals surface area (Å²) in [5, 5.41) is 37.4. The highest BCUT2D eigenvalue weighted by Crippen LogP contribution is 2.04. The summed E-state index contributed by atoms with van der Waals surface area (Å²) in [7, 11) is 0. The van der Waals surface area contributed by atoms with E-state index in [2.05, 4.69) is 11.9 Å². The van der Waals surface area contributed by atoms with Crippen molar-refractivity contribution in [3.8, 4) is 0 Å². The molecule has 4 N–H and O–H groups in total. The van der Waals surface area contributed by atoms with Crippen LogP contribution in [0.25, 0.3) is 0 Å². The first-order valence-electron chi connectivity index (χ1n) is 6.73. The first-order valence-corrected chi connectivity index (χ1v) is 6.73. The average Bonchev–Trinajstić information content (AvgIpc) is 2.35. The molecule has 0 aliphatic rings. The van der Waals surface area contributed by atoms with Gasteiger partial charge in [-0.15, -0.1) is 0 Å². The fourth-order valence-corrected chi connectivity index (χ4v) is 1.56. The largest absolute Gasteiger partial charge is 0.391 e. The van der Waals surface area contributed by atoms with Crippen LogP contribution in [0.2, 0.25) is 0 Å². The van der Waals surface area contributed by atoms with Gasteiger partial charge in [-0.2, -0.15) is 0 Å². The van der Waals surface area contributed by atoms with Crippen molar-refractivity contribution in [2.75, 3.05) is 6.54 Å². The van der Waals surface area contributed by atoms with Gasteiger partial charge in [-0.25, -0.2) is 0 Å². The zero-order valence-corrected chi connectivity index (χ0v) is 11.4. The smallest absolute Gasteiger partial charge is 0.117 e. The molecule has 0 fully saturated rings. The van der Waals surface area contributed by atoms with Gasteiger partial charge in [0.25, 0.3) is 0 Å². The number of unbranched alkanes of at least 4 members (excludes halogenated alkanes) is 4. The van der Waals surface area contributed by atoms with Gasteiger partial charge in [0.2, 0.25) is 0 Å². The highest BCUT2D eigenvalue weighted by Gasteiger charge is 2.26. The molecule has 4 atom stereocenters. The van der Waals surface area contributed by atoms with Crippen LogP contribution < -0.4 is 0 Å². The molecular weight excluding hydrogens is 234 g/mol. The zero-order chi connectivity index (χ0) is 14.0. The number of hydrogen-bond donors (Lipinski definition) is 4. The van der Waals surface area contributed by atoms with Gasteiger partial charge in [-0.05, 0) is 13.3 Å². The Hall–Kier alpha value is -0.490. The van der Waals surface area contributed by atoms with E-state index in [1.54, 1.807) is 0 Å². The number of aliphatic hydroxyl groups is 4. The Morgan fingerprint density at radius 2 is 1.56 bits per heavy atom. The molecule has 0 saturated heterocycles. The van der Waals surface area contributed by atoms with Crippen molar-refractivity contribution in [1.82, 2.24) is 0 Å². The lowest BCUT2D eigenvalue weighted by Crippen LogP contribution is -2.44. The van der Waals surface area contributed by atoms with Gasteiger partial charge in [0, 0.05) is 12.8 Å². The van der Waals surface area contributed by atoms with E-state index >= 15 is 0 Å². The van der Waals surface area contributed by atoms with E-state index in [9.17, 15) is 15.3 Å². The van der Waals surface area contributed by atoms with Crippen LogP contribution in [0.15, 0.2) is 4.99 Å². The molecule has 0 amide bonds. The van der Waals surface area contributed by atoms with Gasteiger partial charge in [-0.1, -0.05) is 32.6 Å². The highest BCUT2D eigenvalue weighted by atomic mass is 16.4. The van der Waals surface area contributed by atoms with E-state index in [1.807, 2.05) is 0 Å². The molecule has 0 unspecified atom stereocenters. The second-order valence-electron chi connectivity index (χ2n) is 4.68. The molecule has 0 radical (unpaired) electrons. The number of rotatable bonds is 10. The standard InChI is InChI=1S/C13H27NO4/c1-3-4-5-6-7-8-14-9-11(16)13(18)12(17)10(2)15/h9-13,15-18H,3-8H2,1-2H3/t10-,11+,12+,13-/m0/s1. The van der Waals surface area contributed by atoms with Gasteiger partial charge in [0.05, 0.1) is 6.10 Å². The van der Waals surface area contributed by atoms with Crippen LogP contribution in [0, 0.1) is 0 Å². The van der Waals surface area contributed by atoms with Crippen molar-refractivity contribution in [3.05, 3.63) is 0 Å². The van der Waals surface area contributed by atoms with Crippen molar-refractivity contribution < 1.29 is 20.4 Å². The Morgan fingerprint density at radius 3 is 2.11 bits per heavy atom. The molecule has 0 aliphatic carbocycles. The van der Waals surface area contributed by atoms with E-state index in [0.29, 0.717) is 6.54 Å². The van der Waals surface area contributed by atoms with Crippen molar-refractivity contribution in [2.45, 2.75) is 70.4 Å². The Labute approximate surface area is 109 Å². The summed E-state index contributed by atoms with van der Waals surface area (Å²) < 4.78 is 0. The summed E-state index contributed by atoms with van der Waals surface area (Å²) in [4.78, 5) is 4.00. The predicted molar refractivity (Wildman–Crippen MR) is 71.8 cm³/mol. The first kappa shape index (κ1) is 17.5. The van der Waals surface area contributed by atoms with Gasteiger partial charge in [0.1, 0.15) is 18.3 Å². The van der Waals surface area contributed by atoms with Crippen molar-refractivity contribution >= 4 is 6.21 Å². The molecule has 18 heavy (non-hydrogen) atoms. The van der Waals surface area contributed by atoms with E-state index in [-0.39, 0.29) is 0 Å². The number of hydrogen-bond acceptors (Lipinski definition) is 5. The van der Waals surface area contributed by atoms with E-state index in [1.165, 1.54) is 32.4 Å². The molecule has 0 heterocycles. The number of aliphatic imine (C=N–C) groups is 1. The SMILES string of the molecule is CCCCCCCN=C[C@@H](O)[C@H](O)[C@H](O)[C@H](C)O. The third kappa shape index (κ3) is 7.76. The van der Waals surface area contributed by atoms with Gasteiger partial charge < -0.3 is 20.4 Å². The summed E-state index contributed by atoms with van der Waals surface area (Å²) in [6.45, 7) is 4.12. The van der Waals surface area contributed by atoms with E-state index in [0.717, 1.165) is 12.8 Å². The summed E-state index contributed by atoms with van der Waals surface area (Å²) in [6.07, 6.45) is 1.82. The lowest BCUT2D eigenvalue weighted by molar-refractivity contribution is -0.0821. The topological polar surface area (TPSA) is 93.3 Å². The Bertz CT molecular complexity index is 221. The summed E-state index contributed by atoms with van der Waals surface area (Å²) >= 11 is 0. The second-order valence-corrected chi connectivity index (χ2v) is 4.68. The molecule has 108 valence electrons. The maximum absolute atomic E-state index is 9.51. The lowest BCUT2D eigenvalue weighted by atomic mass is 10.1. The number of nitrogens with zero attached hydrogens (tertiary/aromatic N) is 1. The van der Waals surface area contributed by atoms with Gasteiger partial charge >= 0.3 is 0 Å². The Morgan fingerprint density at radius 1 is 0.944 bits per heavy atom. The predicted octanol–water partition coefficient (Wildman–Crippen LogP) is 0.491. The van der Waals surface area contributed by atoms with Crippen LogP contribution in [0.4, 0.5) is 0 Å². The van der Waals surface area contributed by atoms with Crippen LogP contribution in [-0.4, -0.2) is 57.6 Å². The minimum atomic E-state index is -1.41. The van der Waals surface area contributed by atoms with Crippen molar-refractivity contribution in [1.29, 1.82) is 0 Å². The van der Waals surface area contributed by atoms with E-state index in [4.69, 9.17) is 5.11 Å². The molecule has 0 spiro atoms. The van der Waals surface area contributed by atoms with Crippen LogP contribution in [0.5, 0.6) is 0 Å². The summed E-state index contributed by atoms with van der Waals surface area (Å²) in [6, 6.07) is 0. The maximum Gasteiger partial charge on any atom is 0.117 e. The summed E-state index contributed by atoms with van der Waals surface area (Å²) in [5.74, 6) is 0. The van der Waals surface area contributed by atoms with Gasteiger partial charge in [-0.3, -0.25) is 4.99 Å². The van der Waals surface area contributed by atoms with Gasteiger partial charge in [0.15, 0.2) is 0 Å². The lowest BCUT2D eigenvalue weighted by Gasteiger charge is -2.22. The minimum absolute atomic E-state index is 0.609. The molecule has 0 aromatic rings. The van der Waals surface area contributed by atoms with Crippen molar-refractivity contribution in [3.63, 3.8) is 0 Å². The van der Waals surface area contributed by atoms with Crippen molar-refractivity contribution in [2.24, 2.45) is 4.99 Å². The monoisotopic (exact) mass is 261 g/mol. The molecule has 0 rings (SSSR count). The fraction of sp³-hybridized carbons (Fsp3) is 0.923. The van der Waals surface area contributed by atoms with Crippen LogP contribution in [0.3, 0.4) is 0 Å². The zero-order valence-electron chi connectivity index (χ0n) is 11.4. The Balaban J connectivity index is 3.76. The van der Waals surface area contributed by atoms with Crippen LogP contribution in [-0.2, 0) is 0 Å². The molecule has 0 bridgehead atoms. The third-order valence-electron chi connectivity index (χ3n) is 2.84. The third-order valence-corrected chi connectivity index (χ3v) is 2.84. The second kappa shape index (κ2) is 10.4. The molecular formula is C13H27NO4. The highest BCUT2D eigenvalue weighted by molar-refractivity contribution is 5.63. The maximum atomic E-state index is 9.51. The Kier molecular flexibility index (Phi) is 10.2. The average molecular weight is 261 g/mol. The molecule has 5 nitrogen and oxygen atoms in total. The molecule has 0 aromatic heterocycles. The molecule has 0 aliphatic heterocycles. The first-order chi connectivity index (χ1) is 8.50. The van der Waals surface area contributed by atoms with Crippen LogP contribution >= 0.6 is 0 Å². The molecule has 5 heteroatoms. The molecule has 0 aromatic carbocycles. The minimum Gasteiger partial charge on any atom is -0.391 e.